The van der Waals surface area contributed by atoms with Gasteiger partial charge in [0.15, 0.2) is 0 Å². The van der Waals surface area contributed by atoms with Crippen molar-refractivity contribution in [1.29, 1.82) is 0 Å². The van der Waals surface area contributed by atoms with Crippen LogP contribution >= 0.6 is 0 Å². The first kappa shape index (κ1) is 12.7. The number of rotatable bonds is 4. The van der Waals surface area contributed by atoms with E-state index in [0.717, 1.165) is 17.9 Å². The molecule has 2 aromatic rings. The Morgan fingerprint density at radius 3 is 2.28 bits per heavy atom. The summed E-state index contributed by atoms with van der Waals surface area (Å²) in [6.45, 7) is 4.05. The molecule has 0 saturated carbocycles. The van der Waals surface area contributed by atoms with E-state index < -0.39 is 0 Å². The number of benzene rings is 2. The zero-order valence-electron chi connectivity index (χ0n) is 10.9. The van der Waals surface area contributed by atoms with E-state index in [-0.39, 0.29) is 5.54 Å². The monoisotopic (exact) mass is 241 g/mol. The third kappa shape index (κ3) is 3.90. The highest BCUT2D eigenvalue weighted by Gasteiger charge is 2.11. The minimum Gasteiger partial charge on any atom is -0.457 e. The van der Waals surface area contributed by atoms with Crippen molar-refractivity contribution in [2.75, 3.05) is 0 Å². The highest BCUT2D eigenvalue weighted by molar-refractivity contribution is 5.34. The summed E-state index contributed by atoms with van der Waals surface area (Å²) >= 11 is 0. The Morgan fingerprint density at radius 1 is 0.944 bits per heavy atom. The molecule has 18 heavy (non-hydrogen) atoms. The zero-order valence-corrected chi connectivity index (χ0v) is 10.9. The molecule has 0 aliphatic rings. The second-order valence-corrected chi connectivity index (χ2v) is 5.23. The van der Waals surface area contributed by atoms with Gasteiger partial charge >= 0.3 is 0 Å². The molecule has 2 N–H and O–H groups in total. The van der Waals surface area contributed by atoms with E-state index in [9.17, 15) is 0 Å². The van der Waals surface area contributed by atoms with Gasteiger partial charge in [-0.3, -0.25) is 0 Å². The molecule has 0 radical (unpaired) electrons. The predicted molar refractivity (Wildman–Crippen MR) is 74.9 cm³/mol. The first-order chi connectivity index (χ1) is 8.53. The standard InChI is InChI=1S/C16H19NO/c1-16(2,17)12-13-7-6-10-15(11-13)18-14-8-4-3-5-9-14/h3-11H,12,17H2,1-2H3. The van der Waals surface area contributed by atoms with Crippen LogP contribution in [0.3, 0.4) is 0 Å². The van der Waals surface area contributed by atoms with E-state index in [2.05, 4.69) is 6.07 Å². The smallest absolute Gasteiger partial charge is 0.127 e. The average Bonchev–Trinajstić information content (AvgIpc) is 2.28. The predicted octanol–water partition coefficient (Wildman–Crippen LogP) is 3.76. The second kappa shape index (κ2) is 5.23. The van der Waals surface area contributed by atoms with Crippen molar-refractivity contribution in [1.82, 2.24) is 0 Å². The van der Waals surface area contributed by atoms with Crippen LogP contribution in [0.15, 0.2) is 54.6 Å². The Hall–Kier alpha value is -1.80. The van der Waals surface area contributed by atoms with Crippen LogP contribution < -0.4 is 10.5 Å². The van der Waals surface area contributed by atoms with Gasteiger partial charge in [0.2, 0.25) is 0 Å². The van der Waals surface area contributed by atoms with Gasteiger partial charge in [0.25, 0.3) is 0 Å². The fraction of sp³-hybridized carbons (Fsp3) is 0.250. The van der Waals surface area contributed by atoms with E-state index in [1.165, 1.54) is 5.56 Å². The summed E-state index contributed by atoms with van der Waals surface area (Å²) in [6.07, 6.45) is 0.832. The van der Waals surface area contributed by atoms with E-state index in [0.29, 0.717) is 0 Å². The lowest BCUT2D eigenvalue weighted by atomic mass is 9.96. The summed E-state index contributed by atoms with van der Waals surface area (Å²) in [6, 6.07) is 17.9. The van der Waals surface area contributed by atoms with Gasteiger partial charge in [0, 0.05) is 5.54 Å². The summed E-state index contributed by atoms with van der Waals surface area (Å²) < 4.78 is 5.79. The lowest BCUT2D eigenvalue weighted by Gasteiger charge is -2.18. The molecule has 0 unspecified atom stereocenters. The SMILES string of the molecule is CC(C)(N)Cc1cccc(Oc2ccccc2)c1. The van der Waals surface area contributed by atoms with E-state index in [1.807, 2.05) is 62.4 Å². The maximum absolute atomic E-state index is 6.03. The molecule has 2 heteroatoms. The molecule has 0 heterocycles. The van der Waals surface area contributed by atoms with Crippen molar-refractivity contribution in [3.05, 3.63) is 60.2 Å². The van der Waals surface area contributed by atoms with Gasteiger partial charge in [-0.05, 0) is 50.1 Å². The summed E-state index contributed by atoms with van der Waals surface area (Å²) in [5.74, 6) is 1.70. The lowest BCUT2D eigenvalue weighted by molar-refractivity contribution is 0.478. The first-order valence-electron chi connectivity index (χ1n) is 6.14. The molecule has 2 nitrogen and oxygen atoms in total. The summed E-state index contributed by atoms with van der Waals surface area (Å²) in [4.78, 5) is 0. The number of para-hydroxylation sites is 1. The van der Waals surface area contributed by atoms with Crippen LogP contribution in [0.2, 0.25) is 0 Å². The maximum atomic E-state index is 6.03. The molecule has 0 bridgehead atoms. The molecule has 0 atom stereocenters. The van der Waals surface area contributed by atoms with Crippen LogP contribution in [-0.4, -0.2) is 5.54 Å². The van der Waals surface area contributed by atoms with Gasteiger partial charge in [-0.2, -0.15) is 0 Å². The van der Waals surface area contributed by atoms with Gasteiger partial charge in [-0.15, -0.1) is 0 Å². The molecule has 0 amide bonds. The molecule has 94 valence electrons. The minimum atomic E-state index is -0.203. The third-order valence-corrected chi connectivity index (χ3v) is 2.54. The average molecular weight is 241 g/mol. The Labute approximate surface area is 108 Å². The fourth-order valence-corrected chi connectivity index (χ4v) is 1.87. The van der Waals surface area contributed by atoms with Gasteiger partial charge in [0.1, 0.15) is 11.5 Å². The van der Waals surface area contributed by atoms with Crippen molar-refractivity contribution < 1.29 is 4.74 Å². The van der Waals surface area contributed by atoms with Crippen molar-refractivity contribution in [2.24, 2.45) is 5.73 Å². The molecule has 0 saturated heterocycles. The Kier molecular flexibility index (Phi) is 3.68. The van der Waals surface area contributed by atoms with E-state index >= 15 is 0 Å². The van der Waals surface area contributed by atoms with Crippen LogP contribution in [0.5, 0.6) is 11.5 Å². The van der Waals surface area contributed by atoms with Crippen molar-refractivity contribution >= 4 is 0 Å². The molecular weight excluding hydrogens is 222 g/mol. The number of hydrogen-bond donors (Lipinski definition) is 1. The lowest BCUT2D eigenvalue weighted by Crippen LogP contribution is -2.34. The Morgan fingerprint density at radius 2 is 1.61 bits per heavy atom. The van der Waals surface area contributed by atoms with Gasteiger partial charge in [0.05, 0.1) is 0 Å². The summed E-state index contributed by atoms with van der Waals surface area (Å²) in [7, 11) is 0. The maximum Gasteiger partial charge on any atom is 0.127 e. The van der Waals surface area contributed by atoms with Crippen LogP contribution in [0.4, 0.5) is 0 Å². The molecule has 0 aliphatic heterocycles. The molecule has 2 rings (SSSR count). The Balaban J connectivity index is 2.13. The molecule has 0 spiro atoms. The Bertz CT molecular complexity index is 500. The third-order valence-electron chi connectivity index (χ3n) is 2.54. The van der Waals surface area contributed by atoms with Crippen molar-refractivity contribution in [3.8, 4) is 11.5 Å². The first-order valence-corrected chi connectivity index (χ1v) is 6.14. The van der Waals surface area contributed by atoms with E-state index in [1.54, 1.807) is 0 Å². The number of hydrogen-bond acceptors (Lipinski definition) is 2. The fourth-order valence-electron chi connectivity index (χ4n) is 1.87. The normalized spacial score (nSPS) is 11.3. The van der Waals surface area contributed by atoms with Gasteiger partial charge < -0.3 is 10.5 Å². The molecule has 0 aromatic heterocycles. The van der Waals surface area contributed by atoms with Crippen molar-refractivity contribution in [2.45, 2.75) is 25.8 Å². The zero-order chi connectivity index (χ0) is 13.0. The molecular formula is C16H19NO. The largest absolute Gasteiger partial charge is 0.457 e. The topological polar surface area (TPSA) is 35.2 Å². The van der Waals surface area contributed by atoms with Crippen LogP contribution in [0.25, 0.3) is 0 Å². The molecule has 0 fully saturated rings. The van der Waals surface area contributed by atoms with Crippen LogP contribution in [0.1, 0.15) is 19.4 Å². The highest BCUT2D eigenvalue weighted by Crippen LogP contribution is 2.23. The second-order valence-electron chi connectivity index (χ2n) is 5.23. The number of ether oxygens (including phenoxy) is 1. The summed E-state index contributed by atoms with van der Waals surface area (Å²) in [5, 5.41) is 0. The van der Waals surface area contributed by atoms with Gasteiger partial charge in [-0.25, -0.2) is 0 Å². The minimum absolute atomic E-state index is 0.203. The van der Waals surface area contributed by atoms with Crippen molar-refractivity contribution in [3.63, 3.8) is 0 Å². The van der Waals surface area contributed by atoms with Crippen LogP contribution in [-0.2, 0) is 6.42 Å². The summed E-state index contributed by atoms with van der Waals surface area (Å²) in [5.41, 5.74) is 7.02. The highest BCUT2D eigenvalue weighted by atomic mass is 16.5. The van der Waals surface area contributed by atoms with E-state index in [4.69, 9.17) is 10.5 Å². The number of nitrogens with two attached hydrogens (primary N) is 1. The van der Waals surface area contributed by atoms with Crippen LogP contribution in [0, 0.1) is 0 Å². The molecule has 0 aliphatic carbocycles. The molecule has 2 aromatic carbocycles. The van der Waals surface area contributed by atoms with Gasteiger partial charge in [-0.1, -0.05) is 30.3 Å². The quantitative estimate of drug-likeness (QED) is 0.884.